The van der Waals surface area contributed by atoms with Crippen LogP contribution in [0.25, 0.3) is 0 Å². The van der Waals surface area contributed by atoms with Crippen LogP contribution in [0, 0.1) is 0 Å². The van der Waals surface area contributed by atoms with E-state index in [0.29, 0.717) is 16.7 Å². The summed E-state index contributed by atoms with van der Waals surface area (Å²) < 4.78 is 5.91. The summed E-state index contributed by atoms with van der Waals surface area (Å²) in [5.41, 5.74) is 1.50. The van der Waals surface area contributed by atoms with Crippen molar-refractivity contribution in [1.29, 1.82) is 0 Å². The van der Waals surface area contributed by atoms with Gasteiger partial charge in [0.1, 0.15) is 17.3 Å². The summed E-state index contributed by atoms with van der Waals surface area (Å²) in [5, 5.41) is 9.15. The van der Waals surface area contributed by atoms with Crippen molar-refractivity contribution in [2.24, 2.45) is 5.16 Å². The van der Waals surface area contributed by atoms with Gasteiger partial charge in [0.05, 0.1) is 18.6 Å². The lowest BCUT2D eigenvalue weighted by Crippen LogP contribution is -2.49. The van der Waals surface area contributed by atoms with Gasteiger partial charge in [-0.2, -0.15) is 0 Å². The molecule has 2 aromatic rings. The summed E-state index contributed by atoms with van der Waals surface area (Å²) in [6.45, 7) is 0.389. The monoisotopic (exact) mass is 449 g/mol. The number of nitrogens with one attached hydrogen (secondary N) is 3. The Labute approximate surface area is 170 Å². The number of hydrogen-bond donors (Lipinski definition) is 3. The van der Waals surface area contributed by atoms with Crippen molar-refractivity contribution in [3.63, 3.8) is 0 Å². The number of rotatable bonds is 8. The molecule has 0 fully saturated rings. The minimum atomic E-state index is -0.836. The van der Waals surface area contributed by atoms with Crippen molar-refractivity contribution in [3.05, 3.63) is 54.1 Å². The highest BCUT2D eigenvalue weighted by atomic mass is 79.9. The number of hydrogen-bond acceptors (Lipinski definition) is 6. The predicted molar refractivity (Wildman–Crippen MR) is 105 cm³/mol. The number of halogens is 1. The molecule has 9 nitrogen and oxygen atoms in total. The third kappa shape index (κ3) is 6.08. The summed E-state index contributed by atoms with van der Waals surface area (Å²) in [6, 6.07) is 8.46. The van der Waals surface area contributed by atoms with E-state index < -0.39 is 12.1 Å². The van der Waals surface area contributed by atoms with Gasteiger partial charge in [-0.1, -0.05) is 35.5 Å². The molecule has 0 radical (unpaired) electrons. The van der Waals surface area contributed by atoms with Gasteiger partial charge in [-0.05, 0) is 21.5 Å². The number of amides is 2. The summed E-state index contributed by atoms with van der Waals surface area (Å²) >= 11 is 3.25. The third-order valence-electron chi connectivity index (χ3n) is 3.99. The molecule has 2 amide bonds. The number of aromatic nitrogens is 2. The van der Waals surface area contributed by atoms with Crippen LogP contribution in [0.5, 0.6) is 0 Å². The van der Waals surface area contributed by atoms with Gasteiger partial charge in [-0.25, -0.2) is 9.78 Å². The van der Waals surface area contributed by atoms with E-state index in [1.807, 2.05) is 30.3 Å². The van der Waals surface area contributed by atoms with E-state index in [1.54, 1.807) is 6.20 Å². The first kappa shape index (κ1) is 19.9. The summed E-state index contributed by atoms with van der Waals surface area (Å²) in [4.78, 5) is 36.9. The summed E-state index contributed by atoms with van der Waals surface area (Å²) in [6.07, 6.45) is 3.07. The lowest BCUT2D eigenvalue weighted by molar-refractivity contribution is -0.123. The van der Waals surface area contributed by atoms with Gasteiger partial charge in [-0.15, -0.1) is 0 Å². The van der Waals surface area contributed by atoms with Crippen molar-refractivity contribution in [1.82, 2.24) is 20.6 Å². The molecule has 0 aliphatic carbocycles. The molecule has 1 aliphatic rings. The van der Waals surface area contributed by atoms with Gasteiger partial charge >= 0.3 is 6.09 Å². The van der Waals surface area contributed by atoms with Crippen molar-refractivity contribution >= 4 is 32.6 Å². The Morgan fingerprint density at radius 3 is 2.86 bits per heavy atom. The van der Waals surface area contributed by atoms with Gasteiger partial charge < -0.3 is 25.2 Å². The lowest BCUT2D eigenvalue weighted by Gasteiger charge is -2.18. The van der Waals surface area contributed by atoms with Crippen molar-refractivity contribution in [2.75, 3.05) is 6.54 Å². The minimum Gasteiger partial charge on any atom is -0.445 e. The Balaban J connectivity index is 1.53. The largest absolute Gasteiger partial charge is 0.445 e. The number of carbonyl (C=O) groups excluding carboxylic acids is 2. The molecule has 10 heteroatoms. The summed E-state index contributed by atoms with van der Waals surface area (Å²) in [5.74, 6) is -0.355. The van der Waals surface area contributed by atoms with E-state index in [4.69, 9.17) is 9.57 Å². The van der Waals surface area contributed by atoms with Gasteiger partial charge in [0.25, 0.3) is 0 Å². The van der Waals surface area contributed by atoms with Gasteiger partial charge in [0, 0.05) is 19.0 Å². The summed E-state index contributed by atoms with van der Waals surface area (Å²) in [7, 11) is 0. The maximum atomic E-state index is 12.6. The lowest BCUT2D eigenvalue weighted by atomic mass is 10.1. The fraction of sp³-hybridized carbons (Fsp3) is 0.333. The highest BCUT2D eigenvalue weighted by molar-refractivity contribution is 9.18. The third-order valence-corrected chi connectivity index (χ3v) is 4.46. The molecule has 0 spiro atoms. The number of oxime groups is 1. The Bertz CT molecular complexity index is 813. The zero-order valence-corrected chi connectivity index (χ0v) is 16.5. The van der Waals surface area contributed by atoms with Gasteiger partial charge in [0.15, 0.2) is 6.10 Å². The van der Waals surface area contributed by atoms with Crippen molar-refractivity contribution < 1.29 is 19.2 Å². The topological polar surface area (TPSA) is 118 Å². The van der Waals surface area contributed by atoms with Crippen LogP contribution in [0.1, 0.15) is 17.7 Å². The number of benzene rings is 1. The van der Waals surface area contributed by atoms with Crippen LogP contribution < -0.4 is 10.6 Å². The number of alkyl carbamates (subject to hydrolysis) is 1. The Morgan fingerprint density at radius 1 is 1.36 bits per heavy atom. The average Bonchev–Trinajstić information content (AvgIpc) is 3.36. The minimum absolute atomic E-state index is 0.116. The second-order valence-electron chi connectivity index (χ2n) is 6.17. The molecule has 28 heavy (non-hydrogen) atoms. The molecule has 3 N–H and O–H groups in total. The molecule has 2 heterocycles. The van der Waals surface area contributed by atoms with E-state index in [-0.39, 0.29) is 31.6 Å². The van der Waals surface area contributed by atoms with Crippen LogP contribution in [0.2, 0.25) is 0 Å². The molecule has 3 rings (SSSR count). The van der Waals surface area contributed by atoms with E-state index in [2.05, 4.69) is 41.7 Å². The molecule has 1 unspecified atom stereocenters. The van der Waals surface area contributed by atoms with E-state index in [1.165, 1.54) is 6.33 Å². The van der Waals surface area contributed by atoms with E-state index in [0.717, 1.165) is 5.56 Å². The molecule has 1 aliphatic heterocycles. The molecule has 2 atom stereocenters. The molecule has 0 saturated carbocycles. The van der Waals surface area contributed by atoms with Gasteiger partial charge in [-0.3, -0.25) is 4.79 Å². The van der Waals surface area contributed by atoms with Crippen LogP contribution >= 0.6 is 15.9 Å². The quantitative estimate of drug-likeness (QED) is 0.568. The molecule has 0 bridgehead atoms. The maximum absolute atomic E-state index is 12.6. The fourth-order valence-electron chi connectivity index (χ4n) is 2.57. The van der Waals surface area contributed by atoms with Crippen molar-refractivity contribution in [2.45, 2.75) is 31.6 Å². The normalized spacial score (nSPS) is 16.6. The first-order valence-electron chi connectivity index (χ1n) is 8.71. The number of carbonyl (C=O) groups is 2. The average molecular weight is 450 g/mol. The van der Waals surface area contributed by atoms with Crippen molar-refractivity contribution in [3.8, 4) is 0 Å². The Morgan fingerprint density at radius 2 is 2.18 bits per heavy atom. The smallest absolute Gasteiger partial charge is 0.408 e. The molecule has 1 aromatic heterocycles. The SMILES string of the molecule is O=C(N[C@@H](Cc1c[nH]cn1)C(=O)NCC1CC(Br)=NO1)OCc1ccccc1. The van der Waals surface area contributed by atoms with Crippen LogP contribution in [0.3, 0.4) is 0 Å². The number of ether oxygens (including phenoxy) is 1. The first-order chi connectivity index (χ1) is 13.6. The fourth-order valence-corrected chi connectivity index (χ4v) is 3.01. The Kier molecular flexibility index (Phi) is 7.01. The first-order valence-corrected chi connectivity index (χ1v) is 9.50. The van der Waals surface area contributed by atoms with Crippen LogP contribution in [-0.4, -0.2) is 45.3 Å². The zero-order chi connectivity index (χ0) is 19.8. The maximum Gasteiger partial charge on any atom is 0.408 e. The van der Waals surface area contributed by atoms with Crippen LogP contribution in [0.4, 0.5) is 4.79 Å². The van der Waals surface area contributed by atoms with E-state index >= 15 is 0 Å². The molecular formula is C18H20BrN5O4. The second-order valence-corrected chi connectivity index (χ2v) is 7.08. The number of H-pyrrole nitrogens is 1. The second kappa shape index (κ2) is 9.88. The molecule has 148 valence electrons. The predicted octanol–water partition coefficient (Wildman–Crippen LogP) is 1.86. The molecule has 0 saturated heterocycles. The number of imidazole rings is 1. The highest BCUT2D eigenvalue weighted by Crippen LogP contribution is 2.13. The van der Waals surface area contributed by atoms with Crippen LogP contribution in [-0.2, 0) is 27.4 Å². The van der Waals surface area contributed by atoms with Gasteiger partial charge in [0.2, 0.25) is 5.91 Å². The number of aromatic amines is 1. The zero-order valence-electron chi connectivity index (χ0n) is 14.9. The van der Waals surface area contributed by atoms with Crippen LogP contribution in [0.15, 0.2) is 48.0 Å². The molecular weight excluding hydrogens is 430 g/mol. The molecule has 1 aromatic carbocycles. The Hall–Kier alpha value is -2.88. The van der Waals surface area contributed by atoms with E-state index in [9.17, 15) is 9.59 Å². The highest BCUT2D eigenvalue weighted by Gasteiger charge is 2.25. The number of nitrogens with zero attached hydrogens (tertiary/aromatic N) is 2. The standard InChI is InChI=1S/C18H20BrN5O4/c19-16-7-14(28-24-16)9-21-17(25)15(6-13-8-20-11-22-13)23-18(26)27-10-12-4-2-1-3-5-12/h1-5,8,11,14-15H,6-7,9-10H2,(H,20,22)(H,21,25)(H,23,26)/t14?,15-/m0/s1.